The van der Waals surface area contributed by atoms with Crippen LogP contribution >= 0.6 is 0 Å². The van der Waals surface area contributed by atoms with Crippen LogP contribution in [0.15, 0.2) is 0 Å². The monoisotopic (exact) mass is 129 g/mol. The van der Waals surface area contributed by atoms with Crippen molar-refractivity contribution in [3.8, 4) is 0 Å². The molecule has 0 aromatic carbocycles. The average molecular weight is 129 g/mol. The smallest absolute Gasteiger partial charge is 0.252 e. The first-order valence-electron chi connectivity index (χ1n) is 3.06. The van der Waals surface area contributed by atoms with Gasteiger partial charge in [0.05, 0.1) is 0 Å². The number of amides is 1. The minimum Gasteiger partial charge on any atom is -0.380 e. The van der Waals surface area contributed by atoms with Gasteiger partial charge in [-0.05, 0) is 6.92 Å². The zero-order valence-electron chi connectivity index (χ0n) is 5.64. The summed E-state index contributed by atoms with van der Waals surface area (Å²) >= 11 is 0. The number of rotatable bonds is 0. The van der Waals surface area contributed by atoms with Crippen molar-refractivity contribution in [1.29, 1.82) is 0 Å². The van der Waals surface area contributed by atoms with Crippen molar-refractivity contribution in [1.82, 2.24) is 5.32 Å². The molecule has 1 heterocycles. The number of aliphatic hydroxyl groups is 1. The summed E-state index contributed by atoms with van der Waals surface area (Å²) < 4.78 is 0. The average Bonchev–Trinajstić information content (AvgIpc) is 1.96. The second kappa shape index (κ2) is 1.70. The molecule has 0 spiro atoms. The Bertz CT molecular complexity index is 142. The summed E-state index contributed by atoms with van der Waals surface area (Å²) in [6.07, 6.45) is 0. The van der Waals surface area contributed by atoms with Gasteiger partial charge in [-0.25, -0.2) is 0 Å². The molecule has 1 aliphatic rings. The molecule has 1 aliphatic heterocycles. The zero-order valence-corrected chi connectivity index (χ0v) is 5.64. The molecular weight excluding hydrogens is 118 g/mol. The lowest BCUT2D eigenvalue weighted by atomic mass is 9.95. The minimum atomic E-state index is -1.14. The highest BCUT2D eigenvalue weighted by molar-refractivity contribution is 5.86. The highest BCUT2D eigenvalue weighted by Gasteiger charge is 2.41. The molecule has 0 aromatic heterocycles. The van der Waals surface area contributed by atoms with Gasteiger partial charge in [-0.2, -0.15) is 0 Å². The summed E-state index contributed by atoms with van der Waals surface area (Å²) in [5.41, 5.74) is -1.14. The molecule has 0 bridgehead atoms. The summed E-state index contributed by atoms with van der Waals surface area (Å²) in [6, 6.07) is 0. The largest absolute Gasteiger partial charge is 0.380 e. The summed E-state index contributed by atoms with van der Waals surface area (Å²) in [5.74, 6) is -0.222. The van der Waals surface area contributed by atoms with Crippen molar-refractivity contribution in [2.45, 2.75) is 19.4 Å². The predicted octanol–water partition coefficient (Wildman–Crippen LogP) is -0.497. The van der Waals surface area contributed by atoms with Crippen LogP contribution in [0.4, 0.5) is 0 Å². The number of carbonyl (C=O) groups is 1. The molecular formula is C6H11NO2. The van der Waals surface area contributed by atoms with Crippen molar-refractivity contribution < 1.29 is 9.90 Å². The highest BCUT2D eigenvalue weighted by atomic mass is 16.3. The van der Waals surface area contributed by atoms with E-state index in [2.05, 4.69) is 5.32 Å². The molecule has 0 radical (unpaired) electrons. The molecule has 3 heteroatoms. The SMILES string of the molecule is C[C@@H]1CNC(=O)[C@]1(C)O. The van der Waals surface area contributed by atoms with Crippen LogP contribution in [-0.2, 0) is 4.79 Å². The predicted molar refractivity (Wildman–Crippen MR) is 32.8 cm³/mol. The van der Waals surface area contributed by atoms with Gasteiger partial charge in [0.1, 0.15) is 5.60 Å². The zero-order chi connectivity index (χ0) is 7.07. The van der Waals surface area contributed by atoms with Gasteiger partial charge in [0, 0.05) is 12.5 Å². The third-order valence-corrected chi connectivity index (χ3v) is 1.99. The first-order chi connectivity index (χ1) is 4.05. The van der Waals surface area contributed by atoms with Crippen LogP contribution in [0.1, 0.15) is 13.8 Å². The fourth-order valence-corrected chi connectivity index (χ4v) is 0.847. The third-order valence-electron chi connectivity index (χ3n) is 1.99. The highest BCUT2D eigenvalue weighted by Crippen LogP contribution is 2.20. The second-order valence-electron chi connectivity index (χ2n) is 2.76. The number of carbonyl (C=O) groups excluding carboxylic acids is 1. The van der Waals surface area contributed by atoms with Gasteiger partial charge in [0.2, 0.25) is 0 Å². The van der Waals surface area contributed by atoms with Crippen molar-refractivity contribution >= 4 is 5.91 Å². The Kier molecular flexibility index (Phi) is 1.24. The first-order valence-corrected chi connectivity index (χ1v) is 3.06. The van der Waals surface area contributed by atoms with Crippen LogP contribution in [0.3, 0.4) is 0 Å². The molecule has 0 aromatic rings. The van der Waals surface area contributed by atoms with E-state index in [1.807, 2.05) is 6.92 Å². The summed E-state index contributed by atoms with van der Waals surface area (Å²) in [4.78, 5) is 10.7. The van der Waals surface area contributed by atoms with Gasteiger partial charge in [-0.1, -0.05) is 6.92 Å². The van der Waals surface area contributed by atoms with Gasteiger partial charge < -0.3 is 10.4 Å². The van der Waals surface area contributed by atoms with Crippen molar-refractivity contribution in [2.24, 2.45) is 5.92 Å². The van der Waals surface area contributed by atoms with Crippen molar-refractivity contribution in [2.75, 3.05) is 6.54 Å². The summed E-state index contributed by atoms with van der Waals surface area (Å²) in [5, 5.41) is 11.9. The Hall–Kier alpha value is -0.570. The maximum Gasteiger partial charge on any atom is 0.252 e. The normalized spacial score (nSPS) is 43.0. The van der Waals surface area contributed by atoms with Gasteiger partial charge in [0.25, 0.3) is 5.91 Å². The lowest BCUT2D eigenvalue weighted by Crippen LogP contribution is -2.37. The van der Waals surface area contributed by atoms with E-state index in [4.69, 9.17) is 0 Å². The number of nitrogens with one attached hydrogen (secondary N) is 1. The summed E-state index contributed by atoms with van der Waals surface area (Å²) in [7, 11) is 0. The van der Waals surface area contributed by atoms with Crippen molar-refractivity contribution in [3.05, 3.63) is 0 Å². The Labute approximate surface area is 54.1 Å². The fraction of sp³-hybridized carbons (Fsp3) is 0.833. The van der Waals surface area contributed by atoms with E-state index in [-0.39, 0.29) is 11.8 Å². The third kappa shape index (κ3) is 0.812. The Morgan fingerprint density at radius 2 is 2.44 bits per heavy atom. The first kappa shape index (κ1) is 6.55. The van der Waals surface area contributed by atoms with E-state index < -0.39 is 5.60 Å². The molecule has 1 rings (SSSR count). The van der Waals surface area contributed by atoms with E-state index in [9.17, 15) is 9.90 Å². The Balaban J connectivity index is 2.78. The van der Waals surface area contributed by atoms with Gasteiger partial charge in [0.15, 0.2) is 0 Å². The lowest BCUT2D eigenvalue weighted by Gasteiger charge is -2.16. The second-order valence-corrected chi connectivity index (χ2v) is 2.76. The molecule has 1 fully saturated rings. The standard InChI is InChI=1S/C6H11NO2/c1-4-3-7-5(8)6(4,2)9/h4,9H,3H2,1-2H3,(H,7,8)/t4-,6-/m1/s1. The quantitative estimate of drug-likeness (QED) is 0.463. The summed E-state index contributed by atoms with van der Waals surface area (Å²) in [6.45, 7) is 3.98. The van der Waals surface area contributed by atoms with E-state index in [1.165, 1.54) is 0 Å². The topological polar surface area (TPSA) is 49.3 Å². The van der Waals surface area contributed by atoms with Gasteiger partial charge >= 0.3 is 0 Å². The molecule has 0 aliphatic carbocycles. The molecule has 52 valence electrons. The maximum absolute atomic E-state index is 10.7. The van der Waals surface area contributed by atoms with E-state index in [0.29, 0.717) is 6.54 Å². The molecule has 2 N–H and O–H groups in total. The molecule has 9 heavy (non-hydrogen) atoms. The molecule has 1 saturated heterocycles. The van der Waals surface area contributed by atoms with Crippen LogP contribution < -0.4 is 5.32 Å². The van der Waals surface area contributed by atoms with Gasteiger partial charge in [-0.3, -0.25) is 4.79 Å². The van der Waals surface area contributed by atoms with Crippen LogP contribution in [0.25, 0.3) is 0 Å². The van der Waals surface area contributed by atoms with Crippen LogP contribution in [-0.4, -0.2) is 23.2 Å². The molecule has 0 saturated carbocycles. The van der Waals surface area contributed by atoms with E-state index in [0.717, 1.165) is 0 Å². The van der Waals surface area contributed by atoms with Crippen LogP contribution in [0.2, 0.25) is 0 Å². The molecule has 2 atom stereocenters. The molecule has 1 amide bonds. The molecule has 3 nitrogen and oxygen atoms in total. The van der Waals surface area contributed by atoms with Gasteiger partial charge in [-0.15, -0.1) is 0 Å². The Morgan fingerprint density at radius 1 is 1.89 bits per heavy atom. The molecule has 0 unspecified atom stereocenters. The Morgan fingerprint density at radius 3 is 2.56 bits per heavy atom. The minimum absolute atomic E-state index is 0.0324. The fourth-order valence-electron chi connectivity index (χ4n) is 0.847. The van der Waals surface area contributed by atoms with E-state index in [1.54, 1.807) is 6.92 Å². The number of hydrogen-bond donors (Lipinski definition) is 2. The van der Waals surface area contributed by atoms with Crippen LogP contribution in [0.5, 0.6) is 0 Å². The van der Waals surface area contributed by atoms with E-state index >= 15 is 0 Å². The van der Waals surface area contributed by atoms with Crippen LogP contribution in [0, 0.1) is 5.92 Å². The number of hydrogen-bond acceptors (Lipinski definition) is 2. The maximum atomic E-state index is 10.7. The lowest BCUT2D eigenvalue weighted by molar-refractivity contribution is -0.135. The van der Waals surface area contributed by atoms with Crippen molar-refractivity contribution in [3.63, 3.8) is 0 Å².